The maximum atomic E-state index is 13.1. The molecule has 0 spiro atoms. The third kappa shape index (κ3) is 8.10. The summed E-state index contributed by atoms with van der Waals surface area (Å²) in [5.41, 5.74) is 1.34. The van der Waals surface area contributed by atoms with Crippen molar-refractivity contribution in [1.29, 1.82) is 0 Å². The molecule has 0 fully saturated rings. The molecule has 3 aromatic carbocycles. The third-order valence-corrected chi connectivity index (χ3v) is 5.84. The van der Waals surface area contributed by atoms with Gasteiger partial charge in [-0.05, 0) is 53.6 Å². The van der Waals surface area contributed by atoms with Gasteiger partial charge >= 0.3 is 5.97 Å². The molecule has 0 aromatic heterocycles. The van der Waals surface area contributed by atoms with Crippen LogP contribution in [0.15, 0.2) is 78.5 Å². The SMILES string of the molecule is O=C(N[C@@H](COCc1ccccc1)C(=O)O)C(=Cc1ccc(Cl)c(Cl)c1)NC(=O)c1ccc(Cl)cc1. The van der Waals surface area contributed by atoms with Gasteiger partial charge in [-0.3, -0.25) is 9.59 Å². The number of ether oxygens (including phenoxy) is 1. The Bertz CT molecular complexity index is 1260. The first-order chi connectivity index (χ1) is 17.2. The Balaban J connectivity index is 1.79. The molecule has 0 aliphatic carbocycles. The van der Waals surface area contributed by atoms with Gasteiger partial charge in [0.1, 0.15) is 5.70 Å². The number of amides is 2. The lowest BCUT2D eigenvalue weighted by molar-refractivity contribution is -0.143. The average Bonchev–Trinajstić information content (AvgIpc) is 2.86. The maximum absolute atomic E-state index is 13.1. The zero-order valence-corrected chi connectivity index (χ0v) is 21.0. The van der Waals surface area contributed by atoms with E-state index < -0.39 is 23.8 Å². The van der Waals surface area contributed by atoms with E-state index in [4.69, 9.17) is 39.5 Å². The van der Waals surface area contributed by atoms with Crippen LogP contribution in [-0.2, 0) is 20.9 Å². The molecule has 3 aromatic rings. The van der Waals surface area contributed by atoms with Gasteiger partial charge in [-0.2, -0.15) is 0 Å². The normalized spacial score (nSPS) is 12.0. The molecule has 3 N–H and O–H groups in total. The van der Waals surface area contributed by atoms with E-state index >= 15 is 0 Å². The molecule has 0 saturated carbocycles. The molecule has 7 nitrogen and oxygen atoms in total. The number of carbonyl (C=O) groups excluding carboxylic acids is 2. The summed E-state index contributed by atoms with van der Waals surface area (Å²) < 4.78 is 5.49. The molecule has 0 aliphatic rings. The van der Waals surface area contributed by atoms with E-state index in [1.54, 1.807) is 6.07 Å². The Morgan fingerprint density at radius 3 is 2.25 bits per heavy atom. The molecule has 0 unspecified atom stereocenters. The van der Waals surface area contributed by atoms with Crippen LogP contribution in [0.3, 0.4) is 0 Å². The van der Waals surface area contributed by atoms with Crippen molar-refractivity contribution in [2.75, 3.05) is 6.61 Å². The van der Waals surface area contributed by atoms with E-state index in [0.717, 1.165) is 5.56 Å². The summed E-state index contributed by atoms with van der Waals surface area (Å²) in [6.07, 6.45) is 1.36. The van der Waals surface area contributed by atoms with Crippen molar-refractivity contribution >= 4 is 58.7 Å². The number of rotatable bonds is 10. The quantitative estimate of drug-likeness (QED) is 0.303. The number of carboxylic acids is 1. The molecule has 36 heavy (non-hydrogen) atoms. The molecular weight excluding hydrogens is 527 g/mol. The van der Waals surface area contributed by atoms with Crippen molar-refractivity contribution in [2.24, 2.45) is 0 Å². The summed E-state index contributed by atoms with van der Waals surface area (Å²) in [6, 6.07) is 18.5. The minimum Gasteiger partial charge on any atom is -0.480 e. The van der Waals surface area contributed by atoms with Crippen LogP contribution < -0.4 is 10.6 Å². The summed E-state index contributed by atoms with van der Waals surface area (Å²) in [4.78, 5) is 37.6. The van der Waals surface area contributed by atoms with Gasteiger partial charge in [0.2, 0.25) is 0 Å². The van der Waals surface area contributed by atoms with Crippen molar-refractivity contribution in [3.05, 3.63) is 110 Å². The molecule has 3 rings (SSSR count). The molecule has 0 heterocycles. The minimum atomic E-state index is -1.37. The highest BCUT2D eigenvalue weighted by Crippen LogP contribution is 2.23. The van der Waals surface area contributed by atoms with E-state index in [-0.39, 0.29) is 29.5 Å². The zero-order valence-electron chi connectivity index (χ0n) is 18.7. The fourth-order valence-electron chi connectivity index (χ4n) is 3.00. The van der Waals surface area contributed by atoms with Crippen molar-refractivity contribution in [3.63, 3.8) is 0 Å². The Morgan fingerprint density at radius 1 is 0.917 bits per heavy atom. The number of benzene rings is 3. The fraction of sp³-hybridized carbons (Fsp3) is 0.115. The van der Waals surface area contributed by atoms with E-state index in [1.165, 1.54) is 42.5 Å². The first kappa shape index (κ1) is 27.2. The largest absolute Gasteiger partial charge is 0.480 e. The van der Waals surface area contributed by atoms with Crippen molar-refractivity contribution in [3.8, 4) is 0 Å². The van der Waals surface area contributed by atoms with Crippen LogP contribution >= 0.6 is 34.8 Å². The summed E-state index contributed by atoms with van der Waals surface area (Å²) >= 11 is 17.9. The lowest BCUT2D eigenvalue weighted by atomic mass is 10.1. The topological polar surface area (TPSA) is 105 Å². The van der Waals surface area contributed by atoms with Crippen LogP contribution in [0.1, 0.15) is 21.5 Å². The number of aliphatic carboxylic acids is 1. The van der Waals surface area contributed by atoms with Gasteiger partial charge in [-0.15, -0.1) is 0 Å². The number of carbonyl (C=O) groups is 3. The van der Waals surface area contributed by atoms with Gasteiger partial charge in [0.05, 0.1) is 23.3 Å². The van der Waals surface area contributed by atoms with Crippen molar-refractivity contribution in [2.45, 2.75) is 12.6 Å². The van der Waals surface area contributed by atoms with Gasteiger partial charge in [0.25, 0.3) is 11.8 Å². The number of hydrogen-bond donors (Lipinski definition) is 3. The van der Waals surface area contributed by atoms with Gasteiger partial charge in [0.15, 0.2) is 6.04 Å². The second kappa shape index (κ2) is 13.1. The fourth-order valence-corrected chi connectivity index (χ4v) is 3.44. The first-order valence-electron chi connectivity index (χ1n) is 10.6. The number of hydrogen-bond acceptors (Lipinski definition) is 4. The predicted molar refractivity (Wildman–Crippen MR) is 139 cm³/mol. The molecule has 0 aliphatic heterocycles. The number of nitrogens with one attached hydrogen (secondary N) is 2. The summed E-state index contributed by atoms with van der Waals surface area (Å²) in [7, 11) is 0. The Labute approximate surface area is 222 Å². The molecule has 186 valence electrons. The molecule has 2 amide bonds. The minimum absolute atomic E-state index is 0.166. The Kier molecular flexibility index (Phi) is 9.90. The second-order valence-electron chi connectivity index (χ2n) is 7.56. The van der Waals surface area contributed by atoms with Crippen molar-refractivity contribution in [1.82, 2.24) is 10.6 Å². The first-order valence-corrected chi connectivity index (χ1v) is 11.8. The molecule has 0 radical (unpaired) electrons. The Morgan fingerprint density at radius 2 is 1.61 bits per heavy atom. The third-order valence-electron chi connectivity index (χ3n) is 4.85. The smallest absolute Gasteiger partial charge is 0.328 e. The molecule has 10 heteroatoms. The highest BCUT2D eigenvalue weighted by atomic mass is 35.5. The summed E-state index contributed by atoms with van der Waals surface area (Å²) in [6.45, 7) is -0.124. The van der Waals surface area contributed by atoms with Gasteiger partial charge in [-0.1, -0.05) is 71.2 Å². The average molecular weight is 548 g/mol. The van der Waals surface area contributed by atoms with Gasteiger partial charge < -0.3 is 20.5 Å². The highest BCUT2D eigenvalue weighted by Gasteiger charge is 2.23. The van der Waals surface area contributed by atoms with E-state index in [9.17, 15) is 19.5 Å². The predicted octanol–water partition coefficient (Wildman–Crippen LogP) is 5.20. The van der Waals surface area contributed by atoms with Crippen LogP contribution in [0.2, 0.25) is 15.1 Å². The lowest BCUT2D eigenvalue weighted by Gasteiger charge is -2.17. The van der Waals surface area contributed by atoms with Gasteiger partial charge in [-0.25, -0.2) is 4.79 Å². The number of halogens is 3. The summed E-state index contributed by atoms with van der Waals surface area (Å²) in [5.74, 6) is -2.73. The second-order valence-corrected chi connectivity index (χ2v) is 8.81. The molecular formula is C26H21Cl3N2O5. The highest BCUT2D eigenvalue weighted by molar-refractivity contribution is 6.42. The maximum Gasteiger partial charge on any atom is 0.328 e. The molecule has 0 saturated heterocycles. The van der Waals surface area contributed by atoms with Gasteiger partial charge in [0, 0.05) is 10.6 Å². The van der Waals surface area contributed by atoms with Crippen LogP contribution in [-0.4, -0.2) is 35.5 Å². The van der Waals surface area contributed by atoms with Crippen LogP contribution in [0.25, 0.3) is 6.08 Å². The standard InChI is InChI=1S/C26H21Cl3N2O5/c27-19-9-7-18(8-10-19)24(32)30-22(13-17-6-11-20(28)21(29)12-17)25(33)31-23(26(34)35)15-36-14-16-4-2-1-3-5-16/h1-13,23H,14-15H2,(H,30,32)(H,31,33)(H,34,35)/t23-/m0/s1. The van der Waals surface area contributed by atoms with Crippen LogP contribution in [0, 0.1) is 0 Å². The van der Waals surface area contributed by atoms with E-state index in [0.29, 0.717) is 15.6 Å². The molecule has 1 atom stereocenters. The van der Waals surface area contributed by atoms with E-state index in [2.05, 4.69) is 10.6 Å². The zero-order chi connectivity index (χ0) is 26.1. The monoisotopic (exact) mass is 546 g/mol. The lowest BCUT2D eigenvalue weighted by Crippen LogP contribution is -2.46. The van der Waals surface area contributed by atoms with Crippen LogP contribution in [0.5, 0.6) is 0 Å². The van der Waals surface area contributed by atoms with Crippen LogP contribution in [0.4, 0.5) is 0 Å². The van der Waals surface area contributed by atoms with E-state index in [1.807, 2.05) is 30.3 Å². The Hall–Kier alpha value is -3.36. The summed E-state index contributed by atoms with van der Waals surface area (Å²) in [5, 5.41) is 15.5. The molecule has 0 bridgehead atoms. The van der Waals surface area contributed by atoms with Crippen molar-refractivity contribution < 1.29 is 24.2 Å². The number of carboxylic acid groups (broad SMARTS) is 1.